The number of rotatable bonds is 5. The molecule has 4 rings (SSSR count). The lowest BCUT2D eigenvalue weighted by Crippen LogP contribution is -2.19. The molecule has 1 aliphatic heterocycles. The van der Waals surface area contributed by atoms with E-state index in [0.717, 1.165) is 16.8 Å². The van der Waals surface area contributed by atoms with Gasteiger partial charge in [0.05, 0.1) is 15.6 Å². The lowest BCUT2D eigenvalue weighted by atomic mass is 10.1. The summed E-state index contributed by atoms with van der Waals surface area (Å²) in [6, 6.07) is 23.2. The van der Waals surface area contributed by atoms with E-state index < -0.39 is 0 Å². The van der Waals surface area contributed by atoms with Gasteiger partial charge in [-0.2, -0.15) is 0 Å². The number of halogens is 1. The van der Waals surface area contributed by atoms with Crippen molar-refractivity contribution in [1.82, 2.24) is 5.32 Å². The third-order valence-corrected chi connectivity index (χ3v) is 5.61. The van der Waals surface area contributed by atoms with E-state index in [1.54, 1.807) is 12.1 Å². The first-order valence-corrected chi connectivity index (χ1v) is 10.6. The van der Waals surface area contributed by atoms with Crippen molar-refractivity contribution in [1.29, 1.82) is 0 Å². The summed E-state index contributed by atoms with van der Waals surface area (Å²) in [5.41, 5.74) is 3.90. The quantitative estimate of drug-likeness (QED) is 0.492. The van der Waals surface area contributed by atoms with Crippen molar-refractivity contribution in [2.75, 3.05) is 0 Å². The second-order valence-corrected chi connectivity index (χ2v) is 8.22. The maximum atomic E-state index is 12.3. The monoisotopic (exact) mass is 434 g/mol. The molecule has 3 aromatic rings. The standard InChI is InChI=1S/C24H19ClN2O2S/c1-16-7-9-17(10-8-16)15-29-21-12-11-18(13-20(21)25)14-22-23(28)27-24(30-22)26-19-5-3-2-4-6-19/h2-14H,15H2,1H3,(H,26,27,28). The van der Waals surface area contributed by atoms with Gasteiger partial charge in [-0.25, -0.2) is 4.99 Å². The zero-order valence-corrected chi connectivity index (χ0v) is 17.8. The van der Waals surface area contributed by atoms with E-state index in [1.165, 1.54) is 17.3 Å². The third-order valence-electron chi connectivity index (χ3n) is 4.41. The number of thioether (sulfide) groups is 1. The van der Waals surface area contributed by atoms with Gasteiger partial charge in [-0.05, 0) is 60.2 Å². The van der Waals surface area contributed by atoms with Crippen molar-refractivity contribution in [3.05, 3.63) is 99.4 Å². The highest BCUT2D eigenvalue weighted by Crippen LogP contribution is 2.31. The average Bonchev–Trinajstić information content (AvgIpc) is 3.08. The molecule has 0 bridgehead atoms. The first-order chi connectivity index (χ1) is 14.6. The van der Waals surface area contributed by atoms with Gasteiger partial charge in [0.25, 0.3) is 5.91 Å². The largest absolute Gasteiger partial charge is 0.487 e. The SMILES string of the molecule is Cc1ccc(COc2ccc(C=C3SC(=Nc4ccccc4)NC3=O)cc2Cl)cc1. The molecule has 1 amide bonds. The van der Waals surface area contributed by atoms with Gasteiger partial charge in [-0.1, -0.05) is 65.7 Å². The Balaban J connectivity index is 1.45. The van der Waals surface area contributed by atoms with E-state index in [2.05, 4.69) is 22.4 Å². The Kier molecular flexibility index (Phi) is 6.21. The van der Waals surface area contributed by atoms with E-state index in [0.29, 0.717) is 27.5 Å². The molecule has 1 heterocycles. The normalized spacial score (nSPS) is 16.1. The first-order valence-electron chi connectivity index (χ1n) is 9.39. The van der Waals surface area contributed by atoms with E-state index in [1.807, 2.05) is 61.5 Å². The maximum Gasteiger partial charge on any atom is 0.264 e. The fourth-order valence-corrected chi connectivity index (χ4v) is 3.91. The number of benzene rings is 3. The van der Waals surface area contributed by atoms with Gasteiger partial charge < -0.3 is 10.1 Å². The highest BCUT2D eigenvalue weighted by molar-refractivity contribution is 8.18. The highest BCUT2D eigenvalue weighted by atomic mass is 35.5. The van der Waals surface area contributed by atoms with Crippen LogP contribution in [0.2, 0.25) is 5.02 Å². The molecule has 1 N–H and O–H groups in total. The number of hydrogen-bond acceptors (Lipinski definition) is 4. The van der Waals surface area contributed by atoms with Gasteiger partial charge in [-0.15, -0.1) is 0 Å². The van der Waals surface area contributed by atoms with Crippen LogP contribution in [-0.4, -0.2) is 11.1 Å². The van der Waals surface area contributed by atoms with Crippen LogP contribution in [-0.2, 0) is 11.4 Å². The smallest absolute Gasteiger partial charge is 0.264 e. The van der Waals surface area contributed by atoms with E-state index in [-0.39, 0.29) is 5.91 Å². The molecule has 0 aliphatic carbocycles. The Morgan fingerprint density at radius 3 is 2.57 bits per heavy atom. The van der Waals surface area contributed by atoms with Crippen LogP contribution in [0.5, 0.6) is 5.75 Å². The summed E-state index contributed by atoms with van der Waals surface area (Å²) in [5.74, 6) is 0.430. The molecule has 1 fully saturated rings. The Hall–Kier alpha value is -3.02. The molecule has 0 radical (unpaired) electrons. The Bertz CT molecular complexity index is 1130. The number of aliphatic imine (C=N–C) groups is 1. The lowest BCUT2D eigenvalue weighted by molar-refractivity contribution is -0.115. The molecule has 0 atom stereocenters. The number of ether oxygens (including phenoxy) is 1. The van der Waals surface area contributed by atoms with Gasteiger partial charge in [-0.3, -0.25) is 4.79 Å². The van der Waals surface area contributed by atoms with Crippen LogP contribution in [0, 0.1) is 6.92 Å². The van der Waals surface area contributed by atoms with Gasteiger partial charge >= 0.3 is 0 Å². The Morgan fingerprint density at radius 1 is 1.07 bits per heavy atom. The van der Waals surface area contributed by atoms with Gasteiger partial charge in [0, 0.05) is 0 Å². The molecular formula is C24H19ClN2O2S. The number of carbonyl (C=O) groups is 1. The number of nitrogens with one attached hydrogen (secondary N) is 1. The molecule has 1 saturated heterocycles. The van der Waals surface area contributed by atoms with Crippen LogP contribution < -0.4 is 10.1 Å². The van der Waals surface area contributed by atoms with Crippen molar-refractivity contribution >= 4 is 46.2 Å². The maximum absolute atomic E-state index is 12.3. The van der Waals surface area contributed by atoms with Crippen molar-refractivity contribution < 1.29 is 9.53 Å². The summed E-state index contributed by atoms with van der Waals surface area (Å²) >= 11 is 7.70. The summed E-state index contributed by atoms with van der Waals surface area (Å²) in [6.07, 6.45) is 1.79. The lowest BCUT2D eigenvalue weighted by Gasteiger charge is -2.09. The predicted molar refractivity (Wildman–Crippen MR) is 124 cm³/mol. The number of hydrogen-bond donors (Lipinski definition) is 1. The van der Waals surface area contributed by atoms with E-state index in [9.17, 15) is 4.79 Å². The second kappa shape index (κ2) is 9.20. The molecule has 4 nitrogen and oxygen atoms in total. The molecule has 0 unspecified atom stereocenters. The van der Waals surface area contributed by atoms with Crippen LogP contribution in [0.3, 0.4) is 0 Å². The summed E-state index contributed by atoms with van der Waals surface area (Å²) in [6.45, 7) is 2.49. The third kappa shape index (κ3) is 5.12. The molecule has 30 heavy (non-hydrogen) atoms. The first kappa shape index (κ1) is 20.3. The number of amides is 1. The Morgan fingerprint density at radius 2 is 1.83 bits per heavy atom. The number of nitrogens with zero attached hydrogens (tertiary/aromatic N) is 1. The Labute approximate surface area is 184 Å². The van der Waals surface area contributed by atoms with Crippen LogP contribution in [0.15, 0.2) is 82.7 Å². The highest BCUT2D eigenvalue weighted by Gasteiger charge is 2.23. The van der Waals surface area contributed by atoms with Crippen molar-refractivity contribution in [3.8, 4) is 5.75 Å². The fraction of sp³-hybridized carbons (Fsp3) is 0.0833. The zero-order chi connectivity index (χ0) is 20.9. The molecule has 0 aromatic heterocycles. The molecular weight excluding hydrogens is 416 g/mol. The number of aryl methyl sites for hydroxylation is 1. The van der Waals surface area contributed by atoms with Gasteiger partial charge in [0.2, 0.25) is 0 Å². The number of para-hydroxylation sites is 1. The molecule has 3 aromatic carbocycles. The van der Waals surface area contributed by atoms with Crippen molar-refractivity contribution in [3.63, 3.8) is 0 Å². The topological polar surface area (TPSA) is 50.7 Å². The minimum atomic E-state index is -0.175. The zero-order valence-electron chi connectivity index (χ0n) is 16.3. The summed E-state index contributed by atoms with van der Waals surface area (Å²) in [4.78, 5) is 17.3. The average molecular weight is 435 g/mol. The van der Waals surface area contributed by atoms with Crippen LogP contribution >= 0.6 is 23.4 Å². The summed E-state index contributed by atoms with van der Waals surface area (Å²) in [5, 5.41) is 3.84. The molecule has 0 spiro atoms. The summed E-state index contributed by atoms with van der Waals surface area (Å²) < 4.78 is 5.84. The van der Waals surface area contributed by atoms with Crippen LogP contribution in [0.1, 0.15) is 16.7 Å². The number of amidine groups is 1. The van der Waals surface area contributed by atoms with Crippen LogP contribution in [0.25, 0.3) is 6.08 Å². The minimum Gasteiger partial charge on any atom is -0.487 e. The van der Waals surface area contributed by atoms with Crippen molar-refractivity contribution in [2.45, 2.75) is 13.5 Å². The predicted octanol–water partition coefficient (Wildman–Crippen LogP) is 6.12. The van der Waals surface area contributed by atoms with Crippen molar-refractivity contribution in [2.24, 2.45) is 4.99 Å². The van der Waals surface area contributed by atoms with E-state index >= 15 is 0 Å². The fourth-order valence-electron chi connectivity index (χ4n) is 2.82. The minimum absolute atomic E-state index is 0.175. The van der Waals surface area contributed by atoms with Crippen LogP contribution in [0.4, 0.5) is 5.69 Å². The van der Waals surface area contributed by atoms with Gasteiger partial charge in [0.15, 0.2) is 5.17 Å². The van der Waals surface area contributed by atoms with Gasteiger partial charge in [0.1, 0.15) is 12.4 Å². The number of carbonyl (C=O) groups excluding carboxylic acids is 1. The molecule has 1 aliphatic rings. The van der Waals surface area contributed by atoms with E-state index in [4.69, 9.17) is 16.3 Å². The summed E-state index contributed by atoms with van der Waals surface area (Å²) in [7, 11) is 0. The second-order valence-electron chi connectivity index (χ2n) is 6.78. The molecule has 150 valence electrons. The molecule has 0 saturated carbocycles. The molecule has 6 heteroatoms.